The zero-order chi connectivity index (χ0) is 15.7. The van der Waals surface area contributed by atoms with E-state index in [4.69, 9.17) is 5.11 Å². The number of benzene rings is 1. The van der Waals surface area contributed by atoms with E-state index in [1.165, 1.54) is 16.8 Å². The summed E-state index contributed by atoms with van der Waals surface area (Å²) in [4.78, 5) is 21.6. The highest BCUT2D eigenvalue weighted by molar-refractivity contribution is 5.89. The molecule has 110 valence electrons. The van der Waals surface area contributed by atoms with Crippen LogP contribution in [0.2, 0.25) is 0 Å². The number of aromatic carboxylic acids is 1. The van der Waals surface area contributed by atoms with E-state index in [9.17, 15) is 14.9 Å². The lowest BCUT2D eigenvalue weighted by molar-refractivity contribution is -0.384. The second-order valence-electron chi connectivity index (χ2n) is 4.68. The molecule has 0 saturated carbocycles. The number of rotatable bonds is 4. The van der Waals surface area contributed by atoms with Crippen LogP contribution in [0.25, 0.3) is 5.69 Å². The van der Waals surface area contributed by atoms with Crippen LogP contribution in [0.4, 0.5) is 5.69 Å². The maximum atomic E-state index is 11.2. The fraction of sp³-hybridized carbons (Fsp3) is 0.286. The topological polar surface area (TPSA) is 98.3 Å². The van der Waals surface area contributed by atoms with Gasteiger partial charge in [0.1, 0.15) is 5.69 Å². The van der Waals surface area contributed by atoms with Crippen molar-refractivity contribution in [2.75, 3.05) is 0 Å². The number of aromatic nitrogens is 2. The molecule has 0 saturated heterocycles. The van der Waals surface area contributed by atoms with Crippen molar-refractivity contribution in [3.63, 3.8) is 0 Å². The number of nitrogens with zero attached hydrogens (tertiary/aromatic N) is 3. The van der Waals surface area contributed by atoms with Gasteiger partial charge in [0.05, 0.1) is 16.2 Å². The summed E-state index contributed by atoms with van der Waals surface area (Å²) in [5.74, 6) is -1.20. The van der Waals surface area contributed by atoms with Crippen molar-refractivity contribution in [1.29, 1.82) is 0 Å². The Kier molecular flexibility index (Phi) is 3.75. The van der Waals surface area contributed by atoms with Gasteiger partial charge in [-0.25, -0.2) is 9.48 Å². The van der Waals surface area contributed by atoms with Crippen LogP contribution in [-0.2, 0) is 6.42 Å². The van der Waals surface area contributed by atoms with Crippen molar-refractivity contribution in [1.82, 2.24) is 9.78 Å². The van der Waals surface area contributed by atoms with Crippen LogP contribution in [0.3, 0.4) is 0 Å². The number of aryl methyl sites for hydroxylation is 1. The molecule has 1 N–H and O–H groups in total. The molecule has 2 rings (SSSR count). The highest BCUT2D eigenvalue weighted by atomic mass is 16.6. The van der Waals surface area contributed by atoms with Gasteiger partial charge in [-0.15, -0.1) is 0 Å². The Balaban J connectivity index is 2.69. The smallest absolute Gasteiger partial charge is 0.335 e. The largest absolute Gasteiger partial charge is 0.478 e. The molecule has 0 spiro atoms. The number of carboxylic acids is 1. The third-order valence-corrected chi connectivity index (χ3v) is 3.44. The Morgan fingerprint density at radius 3 is 2.57 bits per heavy atom. The van der Waals surface area contributed by atoms with Crippen LogP contribution < -0.4 is 0 Å². The highest BCUT2D eigenvalue weighted by Gasteiger charge is 2.22. The van der Waals surface area contributed by atoms with E-state index in [0.717, 1.165) is 29.4 Å². The van der Waals surface area contributed by atoms with E-state index in [-0.39, 0.29) is 16.9 Å². The average Bonchev–Trinajstić information content (AvgIpc) is 2.72. The molecule has 0 atom stereocenters. The molecule has 0 bridgehead atoms. The third kappa shape index (κ3) is 2.49. The van der Waals surface area contributed by atoms with Gasteiger partial charge in [0.15, 0.2) is 0 Å². The SMILES string of the molecule is CCc1c(C)nn(-c2ccc(C(=O)O)cc2[N+](=O)[O-])c1C. The molecule has 21 heavy (non-hydrogen) atoms. The number of hydrogen-bond donors (Lipinski definition) is 1. The van der Waals surface area contributed by atoms with Gasteiger partial charge in [0.2, 0.25) is 0 Å². The molecule has 0 fully saturated rings. The van der Waals surface area contributed by atoms with E-state index in [2.05, 4.69) is 5.10 Å². The number of carbonyl (C=O) groups is 1. The number of carboxylic acid groups (broad SMARTS) is 1. The minimum Gasteiger partial charge on any atom is -0.478 e. The Bertz CT molecular complexity index is 734. The van der Waals surface area contributed by atoms with Crippen molar-refractivity contribution >= 4 is 11.7 Å². The molecule has 0 radical (unpaired) electrons. The van der Waals surface area contributed by atoms with Crippen molar-refractivity contribution < 1.29 is 14.8 Å². The summed E-state index contributed by atoms with van der Waals surface area (Å²) in [6, 6.07) is 3.81. The van der Waals surface area contributed by atoms with E-state index in [0.29, 0.717) is 0 Å². The molecule has 7 heteroatoms. The molecule has 0 aliphatic rings. The Morgan fingerprint density at radius 2 is 2.10 bits per heavy atom. The van der Waals surface area contributed by atoms with Crippen molar-refractivity contribution in [3.8, 4) is 5.69 Å². The van der Waals surface area contributed by atoms with Gasteiger partial charge in [0.25, 0.3) is 5.69 Å². The van der Waals surface area contributed by atoms with Crippen LogP contribution in [-0.4, -0.2) is 25.8 Å². The minimum atomic E-state index is -1.20. The molecular formula is C14H15N3O4. The molecule has 7 nitrogen and oxygen atoms in total. The van der Waals surface area contributed by atoms with Crippen LogP contribution in [0, 0.1) is 24.0 Å². The van der Waals surface area contributed by atoms with Crippen LogP contribution in [0.1, 0.15) is 34.2 Å². The highest BCUT2D eigenvalue weighted by Crippen LogP contribution is 2.27. The molecule has 1 heterocycles. The Morgan fingerprint density at radius 1 is 1.43 bits per heavy atom. The predicted molar refractivity (Wildman–Crippen MR) is 76.0 cm³/mol. The summed E-state index contributed by atoms with van der Waals surface area (Å²) in [6.45, 7) is 5.68. The average molecular weight is 289 g/mol. The van der Waals surface area contributed by atoms with Crippen molar-refractivity contribution in [3.05, 3.63) is 50.8 Å². The van der Waals surface area contributed by atoms with Gasteiger partial charge in [-0.2, -0.15) is 5.10 Å². The van der Waals surface area contributed by atoms with Gasteiger partial charge < -0.3 is 5.11 Å². The molecule has 1 aromatic carbocycles. The molecule has 0 aliphatic heterocycles. The number of nitro groups is 1. The first-order valence-corrected chi connectivity index (χ1v) is 6.44. The summed E-state index contributed by atoms with van der Waals surface area (Å²) in [7, 11) is 0. The molecule has 0 aliphatic carbocycles. The lowest BCUT2D eigenvalue weighted by atomic mass is 10.1. The zero-order valence-corrected chi connectivity index (χ0v) is 12.0. The maximum Gasteiger partial charge on any atom is 0.335 e. The summed E-state index contributed by atoms with van der Waals surface area (Å²) in [5.41, 5.74) is 2.54. The van der Waals surface area contributed by atoms with Crippen LogP contribution in [0.15, 0.2) is 18.2 Å². The Hall–Kier alpha value is -2.70. The number of hydrogen-bond acceptors (Lipinski definition) is 4. The third-order valence-electron chi connectivity index (χ3n) is 3.44. The Labute approximate surface area is 121 Å². The first-order chi connectivity index (χ1) is 9.86. The van der Waals surface area contributed by atoms with Crippen LogP contribution >= 0.6 is 0 Å². The fourth-order valence-electron chi connectivity index (χ4n) is 2.40. The molecule has 0 amide bonds. The van der Waals surface area contributed by atoms with E-state index in [1.54, 1.807) is 0 Å². The molecule has 2 aromatic rings. The normalized spacial score (nSPS) is 10.6. The zero-order valence-electron chi connectivity index (χ0n) is 12.0. The van der Waals surface area contributed by atoms with Crippen LogP contribution in [0.5, 0.6) is 0 Å². The predicted octanol–water partition coefficient (Wildman–Crippen LogP) is 2.66. The summed E-state index contributed by atoms with van der Waals surface area (Å²) in [5, 5.41) is 24.5. The second-order valence-corrected chi connectivity index (χ2v) is 4.68. The second kappa shape index (κ2) is 5.35. The standard InChI is InChI=1S/C14H15N3O4/c1-4-11-8(2)15-16(9(11)3)12-6-5-10(14(18)19)7-13(12)17(20)21/h5-7H,4H2,1-3H3,(H,18,19). The lowest BCUT2D eigenvalue weighted by Gasteiger charge is -2.07. The van der Waals surface area contributed by atoms with Gasteiger partial charge in [-0.1, -0.05) is 6.92 Å². The summed E-state index contributed by atoms with van der Waals surface area (Å²) < 4.78 is 1.50. The van der Waals surface area contributed by atoms with Crippen molar-refractivity contribution in [2.45, 2.75) is 27.2 Å². The van der Waals surface area contributed by atoms with E-state index < -0.39 is 10.9 Å². The van der Waals surface area contributed by atoms with Gasteiger partial charge in [0, 0.05) is 11.8 Å². The number of nitro benzene ring substituents is 1. The van der Waals surface area contributed by atoms with E-state index in [1.807, 2.05) is 20.8 Å². The minimum absolute atomic E-state index is 0.123. The van der Waals surface area contributed by atoms with Gasteiger partial charge in [-0.05, 0) is 38.0 Å². The summed E-state index contributed by atoms with van der Waals surface area (Å²) in [6.07, 6.45) is 0.776. The van der Waals surface area contributed by atoms with Gasteiger partial charge in [-0.3, -0.25) is 10.1 Å². The molecule has 1 aromatic heterocycles. The summed E-state index contributed by atoms with van der Waals surface area (Å²) >= 11 is 0. The lowest BCUT2D eigenvalue weighted by Crippen LogP contribution is -2.06. The van der Waals surface area contributed by atoms with Gasteiger partial charge >= 0.3 is 5.97 Å². The monoisotopic (exact) mass is 289 g/mol. The van der Waals surface area contributed by atoms with Crippen molar-refractivity contribution in [2.24, 2.45) is 0 Å². The maximum absolute atomic E-state index is 11.2. The van der Waals surface area contributed by atoms with E-state index >= 15 is 0 Å². The molecular weight excluding hydrogens is 274 g/mol. The first-order valence-electron chi connectivity index (χ1n) is 6.44. The molecule has 0 unspecified atom stereocenters. The first kappa shape index (κ1) is 14.7. The fourth-order valence-corrected chi connectivity index (χ4v) is 2.40. The quantitative estimate of drug-likeness (QED) is 0.689.